The van der Waals surface area contributed by atoms with E-state index in [1.807, 2.05) is 10.6 Å². The normalized spacial score (nSPS) is 12.1. The second kappa shape index (κ2) is 10.2. The number of carbonyl (C=O) groups is 1. The molecule has 1 amide bonds. The van der Waals surface area contributed by atoms with Crippen LogP contribution in [0.1, 0.15) is 27.3 Å². The summed E-state index contributed by atoms with van der Waals surface area (Å²) in [4.78, 5) is 12.8. The van der Waals surface area contributed by atoms with Gasteiger partial charge in [0, 0.05) is 16.3 Å². The van der Waals surface area contributed by atoms with Gasteiger partial charge in [0.15, 0.2) is 22.5 Å². The molecular weight excluding hydrogens is 507 g/mol. The first-order valence-corrected chi connectivity index (χ1v) is 12.5. The van der Waals surface area contributed by atoms with Crippen LogP contribution in [0.5, 0.6) is 11.5 Å². The first kappa shape index (κ1) is 23.5. The van der Waals surface area contributed by atoms with Crippen LogP contribution in [0.3, 0.4) is 0 Å². The van der Waals surface area contributed by atoms with Crippen molar-refractivity contribution < 1.29 is 14.3 Å². The molecule has 1 aromatic heterocycles. The van der Waals surface area contributed by atoms with E-state index in [1.54, 1.807) is 36.4 Å². The third-order valence-electron chi connectivity index (χ3n) is 5.34. The number of benzene rings is 3. The molecule has 0 atom stereocenters. The predicted molar refractivity (Wildman–Crippen MR) is 136 cm³/mol. The minimum Gasteiger partial charge on any atom is -0.454 e. The van der Waals surface area contributed by atoms with Gasteiger partial charge in [-0.3, -0.25) is 9.36 Å². The maximum absolute atomic E-state index is 12.8. The van der Waals surface area contributed by atoms with E-state index in [9.17, 15) is 4.79 Å². The Bertz CT molecular complexity index is 1410. The number of thioether (sulfide) groups is 1. The second-order valence-electron chi connectivity index (χ2n) is 7.86. The first-order valence-electron chi connectivity index (χ1n) is 10.7. The Morgan fingerprint density at radius 3 is 2.77 bits per heavy atom. The summed E-state index contributed by atoms with van der Waals surface area (Å²) in [5.74, 6) is 2.11. The summed E-state index contributed by atoms with van der Waals surface area (Å²) in [5, 5.41) is 13.3. The topological polar surface area (TPSA) is 78.3 Å². The lowest BCUT2D eigenvalue weighted by molar-refractivity contribution is 0.0949. The molecule has 178 valence electrons. The molecule has 3 aromatic carbocycles. The highest BCUT2D eigenvalue weighted by atomic mass is 35.5. The highest BCUT2D eigenvalue weighted by Gasteiger charge is 2.20. The lowest BCUT2D eigenvalue weighted by Crippen LogP contribution is -2.24. The van der Waals surface area contributed by atoms with E-state index < -0.39 is 0 Å². The summed E-state index contributed by atoms with van der Waals surface area (Å²) in [6.45, 7) is 2.34. The molecule has 0 saturated carbocycles. The minimum atomic E-state index is -0.274. The number of amides is 1. The summed E-state index contributed by atoms with van der Waals surface area (Å²) in [7, 11) is 0. The van der Waals surface area contributed by atoms with Crippen LogP contribution in [0.2, 0.25) is 10.0 Å². The molecule has 0 saturated heterocycles. The van der Waals surface area contributed by atoms with E-state index in [1.165, 1.54) is 22.9 Å². The van der Waals surface area contributed by atoms with Crippen LogP contribution in [-0.4, -0.2) is 27.5 Å². The molecule has 0 bridgehead atoms. The van der Waals surface area contributed by atoms with E-state index in [2.05, 4.69) is 40.6 Å². The molecule has 0 fully saturated rings. The van der Waals surface area contributed by atoms with E-state index in [4.69, 9.17) is 32.7 Å². The number of hydrogen-bond donors (Lipinski definition) is 1. The Kier molecular flexibility index (Phi) is 6.86. The molecule has 10 heteroatoms. The van der Waals surface area contributed by atoms with Gasteiger partial charge >= 0.3 is 0 Å². The number of nitrogens with zero attached hydrogens (tertiary/aromatic N) is 3. The van der Waals surface area contributed by atoms with Gasteiger partial charge in [-0.2, -0.15) is 0 Å². The molecule has 1 aliphatic rings. The Labute approximate surface area is 216 Å². The first-order chi connectivity index (χ1) is 17.0. The monoisotopic (exact) mass is 526 g/mol. The summed E-state index contributed by atoms with van der Waals surface area (Å²) < 4.78 is 12.5. The highest BCUT2D eigenvalue weighted by Crippen LogP contribution is 2.33. The largest absolute Gasteiger partial charge is 0.454 e. The lowest BCUT2D eigenvalue weighted by Gasteiger charge is -2.13. The van der Waals surface area contributed by atoms with Crippen LogP contribution in [0, 0.1) is 6.92 Å². The molecule has 4 aromatic rings. The van der Waals surface area contributed by atoms with E-state index in [0.717, 1.165) is 0 Å². The molecular formula is C25H20Cl2N4O3S. The van der Waals surface area contributed by atoms with Gasteiger partial charge in [0.25, 0.3) is 5.91 Å². The lowest BCUT2D eigenvalue weighted by atomic mass is 10.2. The van der Waals surface area contributed by atoms with Gasteiger partial charge in [-0.05, 0) is 48.9 Å². The van der Waals surface area contributed by atoms with E-state index in [-0.39, 0.29) is 19.2 Å². The zero-order chi connectivity index (χ0) is 24.4. The highest BCUT2D eigenvalue weighted by molar-refractivity contribution is 7.98. The van der Waals surface area contributed by atoms with Gasteiger partial charge in [0.1, 0.15) is 0 Å². The van der Waals surface area contributed by atoms with Crippen LogP contribution >= 0.6 is 35.0 Å². The van der Waals surface area contributed by atoms with Crippen LogP contribution in [0.25, 0.3) is 5.69 Å². The van der Waals surface area contributed by atoms with Gasteiger partial charge in [-0.25, -0.2) is 0 Å². The van der Waals surface area contributed by atoms with Crippen molar-refractivity contribution in [1.29, 1.82) is 0 Å². The molecule has 1 aliphatic heterocycles. The maximum Gasteiger partial charge on any atom is 0.251 e. The van der Waals surface area contributed by atoms with E-state index in [0.29, 0.717) is 49.5 Å². The van der Waals surface area contributed by atoms with E-state index >= 15 is 0 Å². The third-order valence-corrected chi connectivity index (χ3v) is 6.90. The predicted octanol–water partition coefficient (Wildman–Crippen LogP) is 5.83. The number of hydrogen-bond acceptors (Lipinski definition) is 6. The zero-order valence-electron chi connectivity index (χ0n) is 18.6. The summed E-state index contributed by atoms with van der Waals surface area (Å²) in [6.07, 6.45) is 0. The van der Waals surface area contributed by atoms with Crippen molar-refractivity contribution in [2.45, 2.75) is 24.4 Å². The Morgan fingerprint density at radius 1 is 1.06 bits per heavy atom. The molecule has 2 heterocycles. The van der Waals surface area contributed by atoms with Crippen LogP contribution in [0.15, 0.2) is 65.8 Å². The minimum absolute atomic E-state index is 0.133. The second-order valence-corrected chi connectivity index (χ2v) is 9.64. The van der Waals surface area contributed by atoms with Gasteiger partial charge in [0.05, 0.1) is 17.3 Å². The number of aromatic nitrogens is 3. The number of halogens is 2. The van der Waals surface area contributed by atoms with Gasteiger partial charge in [0.2, 0.25) is 6.79 Å². The fourth-order valence-corrected chi connectivity index (χ4v) is 4.93. The third kappa shape index (κ3) is 5.24. The van der Waals surface area contributed by atoms with Crippen molar-refractivity contribution in [3.05, 3.63) is 93.2 Å². The van der Waals surface area contributed by atoms with Crippen LogP contribution in [0.4, 0.5) is 0 Å². The van der Waals surface area contributed by atoms with Crippen molar-refractivity contribution in [3.8, 4) is 17.2 Å². The Balaban J connectivity index is 1.40. The smallest absolute Gasteiger partial charge is 0.251 e. The number of aryl methyl sites for hydroxylation is 1. The molecule has 5 rings (SSSR count). The number of ether oxygens (including phenoxy) is 2. The summed E-state index contributed by atoms with van der Waals surface area (Å²) >= 11 is 14.3. The van der Waals surface area contributed by atoms with Crippen molar-refractivity contribution >= 4 is 40.9 Å². The van der Waals surface area contributed by atoms with Crippen molar-refractivity contribution in [3.63, 3.8) is 0 Å². The van der Waals surface area contributed by atoms with Crippen molar-refractivity contribution in [2.75, 3.05) is 6.79 Å². The van der Waals surface area contributed by atoms with Gasteiger partial charge in [-0.15, -0.1) is 10.2 Å². The average molecular weight is 527 g/mol. The molecule has 0 unspecified atom stereocenters. The average Bonchev–Trinajstić information content (AvgIpc) is 3.49. The Morgan fingerprint density at radius 2 is 1.91 bits per heavy atom. The number of carbonyl (C=O) groups excluding carboxylic acids is 1. The van der Waals surface area contributed by atoms with Crippen molar-refractivity contribution in [2.24, 2.45) is 0 Å². The zero-order valence-corrected chi connectivity index (χ0v) is 21.0. The number of nitrogens with one attached hydrogen (secondary N) is 1. The number of rotatable bonds is 7. The van der Waals surface area contributed by atoms with Crippen LogP contribution in [-0.2, 0) is 12.3 Å². The molecule has 7 nitrogen and oxygen atoms in total. The fraction of sp³-hybridized carbons (Fsp3) is 0.160. The number of fused-ring (bicyclic) bond motifs is 1. The SMILES string of the molecule is Cc1cccc(CSc2nnc(CNC(=O)c3ccc4c(c3)OCO4)n2-c2cc(Cl)ccc2Cl)c1. The van der Waals surface area contributed by atoms with Crippen molar-refractivity contribution in [1.82, 2.24) is 20.1 Å². The van der Waals surface area contributed by atoms with Gasteiger partial charge in [-0.1, -0.05) is 64.8 Å². The molecule has 0 spiro atoms. The summed E-state index contributed by atoms with van der Waals surface area (Å²) in [6, 6.07) is 18.5. The maximum atomic E-state index is 12.8. The molecule has 0 aliphatic carbocycles. The fourth-order valence-electron chi connectivity index (χ4n) is 3.66. The molecule has 1 N–H and O–H groups in total. The standard InChI is InChI=1S/C25H20Cl2N4O3S/c1-15-3-2-4-16(9-15)13-35-25-30-29-23(31(25)20-11-18(26)6-7-19(20)27)12-28-24(32)17-5-8-21-22(10-17)34-14-33-21/h2-11H,12-14H2,1H3,(H,28,32). The van der Waals surface area contributed by atoms with Gasteiger partial charge < -0.3 is 14.8 Å². The quantitative estimate of drug-likeness (QED) is 0.305. The van der Waals surface area contributed by atoms with Crippen LogP contribution < -0.4 is 14.8 Å². The molecule has 35 heavy (non-hydrogen) atoms. The molecule has 0 radical (unpaired) electrons. The summed E-state index contributed by atoms with van der Waals surface area (Å²) in [5.41, 5.74) is 3.45. The Hall–Kier alpha value is -3.20.